The van der Waals surface area contributed by atoms with Crippen LogP contribution in [-0.4, -0.2) is 59.7 Å². The summed E-state index contributed by atoms with van der Waals surface area (Å²) in [4.78, 5) is 31.3. The molecule has 2 atom stereocenters. The summed E-state index contributed by atoms with van der Waals surface area (Å²) in [6.07, 6.45) is 4.14. The molecule has 10 heteroatoms. The maximum Gasteiger partial charge on any atom is 0.239 e. The predicted molar refractivity (Wildman–Crippen MR) is 99.2 cm³/mol. The average Bonchev–Trinajstić information content (AvgIpc) is 3.02. The summed E-state index contributed by atoms with van der Waals surface area (Å²) < 4.78 is 0. The highest BCUT2D eigenvalue weighted by atomic mass is 32.1. The second-order valence-corrected chi connectivity index (χ2v) is 6.23. The first-order chi connectivity index (χ1) is 11.3. The largest absolute Gasteiger partial charge is 0.386 e. The summed E-state index contributed by atoms with van der Waals surface area (Å²) in [5.74, 6) is -0.565. The summed E-state index contributed by atoms with van der Waals surface area (Å²) in [6, 6.07) is -1.02. The summed E-state index contributed by atoms with van der Waals surface area (Å²) in [5, 5.41) is 8.40. The van der Waals surface area contributed by atoms with E-state index in [4.69, 9.17) is 18.0 Å². The number of thiocarbonyl (C=S) groups is 1. The van der Waals surface area contributed by atoms with Gasteiger partial charge in [0.05, 0.1) is 29.9 Å². The molecule has 0 aliphatic carbocycles. The number of H-pyrrole nitrogens is 1. The number of aromatic nitrogens is 2. The molecule has 0 spiro atoms. The summed E-state index contributed by atoms with van der Waals surface area (Å²) >= 11 is 5.27. The third kappa shape index (κ3) is 6.67. The minimum Gasteiger partial charge on any atom is -0.386 e. The Kier molecular flexibility index (Phi) is 8.41. The molecule has 0 aromatic carbocycles. The van der Waals surface area contributed by atoms with E-state index < -0.39 is 11.9 Å². The third-order valence-electron chi connectivity index (χ3n) is 3.37. The molecular weight excluding hydrogens is 327 g/mol. The smallest absolute Gasteiger partial charge is 0.239 e. The Hall–Kier alpha value is -1.94. The molecule has 132 valence electrons. The van der Waals surface area contributed by atoms with Crippen LogP contribution in [0.15, 0.2) is 12.5 Å². The lowest BCUT2D eigenvalue weighted by atomic mass is 10.0. The van der Waals surface area contributed by atoms with Gasteiger partial charge in [0.2, 0.25) is 11.8 Å². The maximum atomic E-state index is 12.0. The van der Waals surface area contributed by atoms with E-state index >= 15 is 0 Å². The fraction of sp³-hybridized carbons (Fsp3) is 0.571. The van der Waals surface area contributed by atoms with Gasteiger partial charge < -0.3 is 26.7 Å². The van der Waals surface area contributed by atoms with Gasteiger partial charge in [0, 0.05) is 18.3 Å². The van der Waals surface area contributed by atoms with Gasteiger partial charge in [-0.3, -0.25) is 9.59 Å². The zero-order valence-corrected chi connectivity index (χ0v) is 15.1. The highest BCUT2D eigenvalue weighted by molar-refractivity contribution is 7.80. The molecule has 1 aromatic heterocycles. The van der Waals surface area contributed by atoms with Crippen molar-refractivity contribution >= 4 is 36.9 Å². The van der Waals surface area contributed by atoms with Crippen LogP contribution in [-0.2, 0) is 16.0 Å². The fourth-order valence-electron chi connectivity index (χ4n) is 2.07. The monoisotopic (exact) mass is 352 g/mol. The van der Waals surface area contributed by atoms with Crippen molar-refractivity contribution in [1.82, 2.24) is 25.9 Å². The molecule has 0 aliphatic heterocycles. The molecule has 0 saturated heterocycles. The van der Waals surface area contributed by atoms with Gasteiger partial charge in [-0.25, -0.2) is 4.98 Å². The molecule has 8 nitrogen and oxygen atoms in total. The van der Waals surface area contributed by atoms with Crippen molar-refractivity contribution in [3.63, 3.8) is 0 Å². The van der Waals surface area contributed by atoms with Crippen LogP contribution in [0.4, 0.5) is 0 Å². The minimum atomic E-state index is -0.748. The van der Waals surface area contributed by atoms with Crippen LogP contribution in [0.2, 0.25) is 0 Å². The third-order valence-corrected chi connectivity index (χ3v) is 3.77. The molecule has 0 bridgehead atoms. The molecule has 0 saturated carbocycles. The van der Waals surface area contributed by atoms with E-state index in [-0.39, 0.29) is 24.4 Å². The minimum absolute atomic E-state index is 0.138. The SMILES string of the molecule is BCNC(=S)[C@@H](NC(=O)CNC(=O)[C@@H](N)Cc1cnc[nH]1)C(C)C. The fourth-order valence-corrected chi connectivity index (χ4v) is 2.54. The van der Waals surface area contributed by atoms with Crippen molar-refractivity contribution in [2.24, 2.45) is 11.7 Å². The molecule has 1 aromatic rings. The standard InChI is InChI=1S/C14H25BN6O2S/c1-8(2)12(14(24)19-6-15)21-11(22)5-18-13(23)10(16)3-9-4-17-7-20-9/h4,7-8,10,12H,3,5-6,15-16H2,1-2H3,(H,17,20)(H,18,23)(H,19,24)(H,21,22)/t10-,12-/m0/s1. The molecule has 1 heterocycles. The normalized spacial score (nSPS) is 13.2. The second-order valence-electron chi connectivity index (χ2n) is 5.79. The molecule has 0 aliphatic rings. The van der Waals surface area contributed by atoms with Crippen molar-refractivity contribution in [2.45, 2.75) is 32.4 Å². The Bertz CT molecular complexity index is 551. The lowest BCUT2D eigenvalue weighted by Crippen LogP contribution is -2.52. The van der Waals surface area contributed by atoms with Crippen LogP contribution in [0.3, 0.4) is 0 Å². The Balaban J connectivity index is 2.43. The van der Waals surface area contributed by atoms with Crippen molar-refractivity contribution in [3.8, 4) is 0 Å². The molecule has 0 fully saturated rings. The van der Waals surface area contributed by atoms with E-state index in [0.29, 0.717) is 17.9 Å². The number of hydrogen-bond acceptors (Lipinski definition) is 5. The van der Waals surface area contributed by atoms with Crippen molar-refractivity contribution < 1.29 is 9.59 Å². The first-order valence-electron chi connectivity index (χ1n) is 7.92. The predicted octanol–water partition coefficient (Wildman–Crippen LogP) is -1.96. The van der Waals surface area contributed by atoms with Gasteiger partial charge in [0.1, 0.15) is 7.85 Å². The first-order valence-corrected chi connectivity index (χ1v) is 8.33. The van der Waals surface area contributed by atoms with E-state index in [1.54, 1.807) is 6.20 Å². The van der Waals surface area contributed by atoms with Crippen molar-refractivity contribution in [1.29, 1.82) is 0 Å². The maximum absolute atomic E-state index is 12.0. The number of carbonyl (C=O) groups is 2. The van der Waals surface area contributed by atoms with Gasteiger partial charge in [-0.1, -0.05) is 26.1 Å². The lowest BCUT2D eigenvalue weighted by Gasteiger charge is -2.24. The summed E-state index contributed by atoms with van der Waals surface area (Å²) in [5.41, 5.74) is 6.57. The Morgan fingerprint density at radius 2 is 2.12 bits per heavy atom. The van der Waals surface area contributed by atoms with Crippen LogP contribution in [0.1, 0.15) is 19.5 Å². The van der Waals surface area contributed by atoms with Gasteiger partial charge in [0.15, 0.2) is 0 Å². The van der Waals surface area contributed by atoms with E-state index in [1.165, 1.54) is 6.33 Å². The number of rotatable bonds is 9. The molecule has 2 amide bonds. The molecule has 6 N–H and O–H groups in total. The average molecular weight is 352 g/mol. The first kappa shape index (κ1) is 20.1. The zero-order chi connectivity index (χ0) is 18.1. The van der Waals surface area contributed by atoms with Crippen molar-refractivity contribution in [2.75, 3.05) is 13.0 Å². The Morgan fingerprint density at radius 1 is 1.42 bits per heavy atom. The molecule has 0 radical (unpaired) electrons. The van der Waals surface area contributed by atoms with Crippen LogP contribution in [0.25, 0.3) is 0 Å². The number of aromatic amines is 1. The molecule has 0 unspecified atom stereocenters. The molecule has 24 heavy (non-hydrogen) atoms. The van der Waals surface area contributed by atoms with Crippen molar-refractivity contribution in [3.05, 3.63) is 18.2 Å². The Labute approximate surface area is 148 Å². The van der Waals surface area contributed by atoms with Gasteiger partial charge in [0.25, 0.3) is 0 Å². The van der Waals surface area contributed by atoms with Crippen LogP contribution in [0, 0.1) is 5.92 Å². The number of nitrogens with two attached hydrogens (primary N) is 1. The van der Waals surface area contributed by atoms with E-state index in [0.717, 1.165) is 5.69 Å². The topological polar surface area (TPSA) is 125 Å². The highest BCUT2D eigenvalue weighted by Gasteiger charge is 2.21. The molecule has 1 rings (SSSR count). The van der Waals surface area contributed by atoms with Gasteiger partial charge in [-0.2, -0.15) is 0 Å². The summed E-state index contributed by atoms with van der Waals surface area (Å²) in [7, 11) is 1.94. The second kappa shape index (κ2) is 10.0. The number of carbonyl (C=O) groups excluding carboxylic acids is 2. The number of hydrogen-bond donors (Lipinski definition) is 5. The van der Waals surface area contributed by atoms with E-state index in [2.05, 4.69) is 25.9 Å². The quantitative estimate of drug-likeness (QED) is 0.260. The van der Waals surface area contributed by atoms with Gasteiger partial charge in [-0.15, -0.1) is 0 Å². The van der Waals surface area contributed by atoms with E-state index in [1.807, 2.05) is 21.7 Å². The van der Waals surface area contributed by atoms with Gasteiger partial charge >= 0.3 is 0 Å². The number of nitrogens with zero attached hydrogens (tertiary/aromatic N) is 1. The number of amides is 2. The molecular formula is C14H25BN6O2S. The lowest BCUT2D eigenvalue weighted by molar-refractivity contribution is -0.127. The number of imidazole rings is 1. The van der Waals surface area contributed by atoms with Gasteiger partial charge in [-0.05, 0) is 12.4 Å². The van der Waals surface area contributed by atoms with Crippen LogP contribution >= 0.6 is 12.2 Å². The highest BCUT2D eigenvalue weighted by Crippen LogP contribution is 2.03. The van der Waals surface area contributed by atoms with Crippen LogP contribution < -0.4 is 21.7 Å². The summed E-state index contributed by atoms with van der Waals surface area (Å²) in [6.45, 7) is 3.79. The van der Waals surface area contributed by atoms with Crippen LogP contribution in [0.5, 0.6) is 0 Å². The Morgan fingerprint density at radius 3 is 2.67 bits per heavy atom. The zero-order valence-electron chi connectivity index (χ0n) is 14.3. The number of nitrogens with one attached hydrogen (secondary N) is 4. The van der Waals surface area contributed by atoms with E-state index in [9.17, 15) is 9.59 Å².